The van der Waals surface area contributed by atoms with Crippen molar-refractivity contribution in [1.29, 1.82) is 0 Å². The molecule has 37 heavy (non-hydrogen) atoms. The molecule has 0 unspecified atom stereocenters. The van der Waals surface area contributed by atoms with Crippen LogP contribution in [0.3, 0.4) is 0 Å². The third-order valence-corrected chi connectivity index (χ3v) is 5.71. The fourth-order valence-corrected chi connectivity index (χ4v) is 3.88. The molecule has 0 aliphatic heterocycles. The number of non-ortho nitro benzene ring substituents is 1. The van der Waals surface area contributed by atoms with E-state index >= 15 is 0 Å². The SMILES string of the molecule is Cc1ccccc1Oc1cc(NC(=O)c2cn(-c3ccccc3)nc2-c2ccccc2)cc([N+](=O)[O-])c1. The van der Waals surface area contributed by atoms with Gasteiger partial charge >= 0.3 is 0 Å². The van der Waals surface area contributed by atoms with E-state index in [0.717, 1.165) is 16.8 Å². The topological polar surface area (TPSA) is 99.3 Å². The summed E-state index contributed by atoms with van der Waals surface area (Å²) in [5, 5.41) is 19.1. The van der Waals surface area contributed by atoms with Crippen molar-refractivity contribution in [2.24, 2.45) is 0 Å². The third-order valence-electron chi connectivity index (χ3n) is 5.71. The molecular weight excluding hydrogens is 468 g/mol. The van der Waals surface area contributed by atoms with Crippen molar-refractivity contribution in [3.05, 3.63) is 131 Å². The summed E-state index contributed by atoms with van der Waals surface area (Å²) in [6.45, 7) is 1.88. The van der Waals surface area contributed by atoms with Crippen LogP contribution in [0.5, 0.6) is 11.5 Å². The molecule has 1 heterocycles. The van der Waals surface area contributed by atoms with Crippen molar-refractivity contribution in [3.63, 3.8) is 0 Å². The van der Waals surface area contributed by atoms with Crippen LogP contribution in [0.2, 0.25) is 0 Å². The first-order valence-electron chi connectivity index (χ1n) is 11.5. The number of nitro groups is 1. The van der Waals surface area contributed by atoms with Crippen molar-refractivity contribution < 1.29 is 14.5 Å². The van der Waals surface area contributed by atoms with Gasteiger partial charge in [0.1, 0.15) is 17.2 Å². The van der Waals surface area contributed by atoms with Gasteiger partial charge in [0.05, 0.1) is 27.9 Å². The molecule has 0 saturated carbocycles. The fraction of sp³-hybridized carbons (Fsp3) is 0.0345. The normalized spacial score (nSPS) is 10.6. The number of nitrogens with one attached hydrogen (secondary N) is 1. The number of amides is 1. The Balaban J connectivity index is 1.51. The number of nitro benzene ring substituents is 1. The number of hydrogen-bond donors (Lipinski definition) is 1. The lowest BCUT2D eigenvalue weighted by Gasteiger charge is -2.11. The number of ether oxygens (including phenoxy) is 1. The van der Waals surface area contributed by atoms with Crippen LogP contribution in [0.1, 0.15) is 15.9 Å². The molecule has 0 radical (unpaired) electrons. The Morgan fingerprint density at radius 3 is 2.30 bits per heavy atom. The maximum absolute atomic E-state index is 13.5. The fourth-order valence-electron chi connectivity index (χ4n) is 3.88. The first-order valence-corrected chi connectivity index (χ1v) is 11.5. The van der Waals surface area contributed by atoms with E-state index < -0.39 is 10.8 Å². The predicted molar refractivity (Wildman–Crippen MR) is 141 cm³/mol. The zero-order valence-electron chi connectivity index (χ0n) is 19.9. The van der Waals surface area contributed by atoms with Gasteiger partial charge in [-0.1, -0.05) is 66.7 Å². The Morgan fingerprint density at radius 2 is 1.59 bits per heavy atom. The summed E-state index contributed by atoms with van der Waals surface area (Å²) in [5.74, 6) is 0.348. The van der Waals surface area contributed by atoms with Crippen molar-refractivity contribution >= 4 is 17.3 Å². The lowest BCUT2D eigenvalue weighted by atomic mass is 10.1. The standard InChI is InChI=1S/C29H22N4O4/c1-20-10-8-9-15-27(20)37-25-17-22(16-24(18-25)33(35)36)30-29(34)26-19-32(23-13-6-3-7-14-23)31-28(26)21-11-4-2-5-12-21/h2-19H,1H3,(H,30,34). The molecule has 182 valence electrons. The maximum atomic E-state index is 13.5. The van der Waals surface area contributed by atoms with Gasteiger partial charge in [0.2, 0.25) is 0 Å². The molecule has 0 fully saturated rings. The second kappa shape index (κ2) is 10.2. The zero-order chi connectivity index (χ0) is 25.8. The number of aromatic nitrogens is 2. The molecule has 0 aliphatic carbocycles. The molecule has 1 aromatic heterocycles. The van der Waals surface area contributed by atoms with E-state index in [1.54, 1.807) is 23.0 Å². The number of rotatable bonds is 7. The Kier molecular flexibility index (Phi) is 6.46. The van der Waals surface area contributed by atoms with E-state index in [1.807, 2.05) is 85.8 Å². The maximum Gasteiger partial charge on any atom is 0.275 e. The van der Waals surface area contributed by atoms with Crippen LogP contribution in [-0.2, 0) is 0 Å². The molecule has 0 aliphatic rings. The summed E-state index contributed by atoms with van der Waals surface area (Å²) in [4.78, 5) is 24.6. The molecular formula is C29H22N4O4. The Hall–Kier alpha value is -5.24. The summed E-state index contributed by atoms with van der Waals surface area (Å²) >= 11 is 0. The minimum absolute atomic E-state index is 0.204. The van der Waals surface area contributed by atoms with Gasteiger partial charge in [0, 0.05) is 23.9 Å². The van der Waals surface area contributed by atoms with Crippen molar-refractivity contribution in [2.75, 3.05) is 5.32 Å². The average molecular weight is 491 g/mol. The van der Waals surface area contributed by atoms with E-state index in [4.69, 9.17) is 4.74 Å². The van der Waals surface area contributed by atoms with Crippen molar-refractivity contribution in [2.45, 2.75) is 6.92 Å². The van der Waals surface area contributed by atoms with Gasteiger partial charge < -0.3 is 10.1 Å². The number of carbonyl (C=O) groups is 1. The number of carbonyl (C=O) groups excluding carboxylic acids is 1. The first-order chi connectivity index (χ1) is 18.0. The minimum Gasteiger partial charge on any atom is -0.457 e. The van der Waals surface area contributed by atoms with Crippen LogP contribution >= 0.6 is 0 Å². The van der Waals surface area contributed by atoms with E-state index in [1.165, 1.54) is 12.1 Å². The highest BCUT2D eigenvalue weighted by atomic mass is 16.6. The smallest absolute Gasteiger partial charge is 0.275 e. The third kappa shape index (κ3) is 5.23. The van der Waals surface area contributed by atoms with Crippen LogP contribution in [0.4, 0.5) is 11.4 Å². The van der Waals surface area contributed by atoms with Gasteiger partial charge in [0.15, 0.2) is 0 Å². The molecule has 0 atom stereocenters. The van der Waals surface area contributed by atoms with Gasteiger partial charge in [-0.2, -0.15) is 5.10 Å². The molecule has 1 N–H and O–H groups in total. The van der Waals surface area contributed by atoms with Crippen LogP contribution in [0.25, 0.3) is 16.9 Å². The largest absolute Gasteiger partial charge is 0.457 e. The molecule has 0 spiro atoms. The number of anilines is 1. The lowest BCUT2D eigenvalue weighted by molar-refractivity contribution is -0.384. The summed E-state index contributed by atoms with van der Waals surface area (Å²) in [5.41, 5.74) is 3.28. The summed E-state index contributed by atoms with van der Waals surface area (Å²) in [7, 11) is 0. The van der Waals surface area contributed by atoms with Crippen molar-refractivity contribution in [3.8, 4) is 28.4 Å². The monoisotopic (exact) mass is 490 g/mol. The van der Waals surface area contributed by atoms with E-state index in [-0.39, 0.29) is 17.1 Å². The lowest BCUT2D eigenvalue weighted by Crippen LogP contribution is -2.12. The summed E-state index contributed by atoms with van der Waals surface area (Å²) in [6, 6.07) is 30.3. The van der Waals surface area contributed by atoms with E-state index in [0.29, 0.717) is 17.0 Å². The number of hydrogen-bond acceptors (Lipinski definition) is 5. The van der Waals surface area contributed by atoms with Crippen LogP contribution < -0.4 is 10.1 Å². The Morgan fingerprint density at radius 1 is 0.919 bits per heavy atom. The Labute approximate surface area is 212 Å². The molecule has 8 heteroatoms. The molecule has 1 amide bonds. The van der Waals surface area contributed by atoms with Gasteiger partial charge in [-0.25, -0.2) is 4.68 Å². The molecule has 0 bridgehead atoms. The highest BCUT2D eigenvalue weighted by Gasteiger charge is 2.20. The Bertz CT molecular complexity index is 1580. The van der Waals surface area contributed by atoms with Crippen LogP contribution in [0.15, 0.2) is 109 Å². The minimum atomic E-state index is -0.525. The van der Waals surface area contributed by atoms with E-state index in [2.05, 4.69) is 10.4 Å². The highest BCUT2D eigenvalue weighted by molar-refractivity contribution is 6.08. The number of aryl methyl sites for hydroxylation is 1. The molecule has 0 saturated heterocycles. The molecule has 5 rings (SSSR count). The number of benzene rings is 4. The number of para-hydroxylation sites is 2. The number of nitrogens with zero attached hydrogens (tertiary/aromatic N) is 3. The van der Waals surface area contributed by atoms with Gasteiger partial charge in [-0.3, -0.25) is 14.9 Å². The first kappa shape index (κ1) is 23.5. The summed E-state index contributed by atoms with van der Waals surface area (Å²) in [6.07, 6.45) is 1.65. The zero-order valence-corrected chi connectivity index (χ0v) is 19.9. The van der Waals surface area contributed by atoms with Crippen LogP contribution in [-0.4, -0.2) is 20.6 Å². The van der Waals surface area contributed by atoms with E-state index in [9.17, 15) is 14.9 Å². The predicted octanol–water partition coefficient (Wildman–Crippen LogP) is 6.80. The summed E-state index contributed by atoms with van der Waals surface area (Å²) < 4.78 is 7.55. The quantitative estimate of drug-likeness (QED) is 0.200. The average Bonchev–Trinajstić information content (AvgIpc) is 3.37. The second-order valence-corrected chi connectivity index (χ2v) is 8.33. The molecule has 8 nitrogen and oxygen atoms in total. The van der Waals surface area contributed by atoms with Gasteiger partial charge in [-0.05, 0) is 30.7 Å². The molecule has 5 aromatic rings. The highest BCUT2D eigenvalue weighted by Crippen LogP contribution is 2.32. The van der Waals surface area contributed by atoms with Crippen molar-refractivity contribution in [1.82, 2.24) is 9.78 Å². The van der Waals surface area contributed by atoms with Crippen LogP contribution in [0, 0.1) is 17.0 Å². The molecule has 4 aromatic carbocycles. The van der Waals surface area contributed by atoms with Gasteiger partial charge in [0.25, 0.3) is 11.6 Å². The second-order valence-electron chi connectivity index (χ2n) is 8.33. The van der Waals surface area contributed by atoms with Gasteiger partial charge in [-0.15, -0.1) is 0 Å².